The van der Waals surface area contributed by atoms with E-state index in [9.17, 15) is 58.4 Å². The number of phosphoric ester groups is 2. The fourth-order valence-corrected chi connectivity index (χ4v) is 20.7. The lowest BCUT2D eigenvalue weighted by Gasteiger charge is -2.47. The molecule has 0 aromatic carbocycles. The maximum absolute atomic E-state index is 15.4. The Kier molecular flexibility index (Phi) is 86.3. The summed E-state index contributed by atoms with van der Waals surface area (Å²) in [5.41, 5.74) is 0. The summed E-state index contributed by atoms with van der Waals surface area (Å²) in [5, 5.41) is 41.4. The first-order valence-electron chi connectivity index (χ1n) is 58.8. The van der Waals surface area contributed by atoms with E-state index in [0.717, 1.165) is 276 Å². The molecule has 836 valence electrons. The highest BCUT2D eigenvalue weighted by atomic mass is 31.2. The number of phosphoric acid groups is 2. The van der Waals surface area contributed by atoms with Crippen molar-refractivity contribution < 1.29 is 120 Å². The second kappa shape index (κ2) is 91.2. The Morgan fingerprint density at radius 2 is 0.577 bits per heavy atom. The Balaban J connectivity index is 2.93. The van der Waals surface area contributed by atoms with Gasteiger partial charge in [0.05, 0.1) is 50.8 Å². The van der Waals surface area contributed by atoms with Crippen LogP contribution in [0.2, 0.25) is 0 Å². The standard InChI is InChI=1S/C113H214N2O25P2/c1-9-16-23-30-37-44-47-48-51-56-59-66-73-80-93(8)132-95(82-75-68-61-53-41-34-27-20-13-5)88-100(118)114-106-110(137-104(122)87-94(117)81-74-67-60-52-40-33-26-19-12-4)108(124)99(136-113(106)140-142(128,129)130)92-131-112-107(115-101(119)89-96(83-76-69-62-54-42-35-28-21-14-6)133-102(120)85-78-71-64-57-49-45-38-31-24-17-10-2)111(109(98(91-116)135-112)139-141(125,126)127)138-105(123)90-97(84-77-70-63-55-43-36-29-22-15-7)134-103(121)86-79-72-65-58-50-46-39-32-25-18-11-3/h94-99,106-113,116-117,124H,8-92H2,1-7H3,(H,114,118)(H,115,119)(H2,125,126,127)(H2,128,129,130)/t94-,95-,96-,97-,98?,99?,106?,107?,108?,109?,110?,111?,112?,113?/m0/s1. The maximum atomic E-state index is 15.4. The molecular formula is C113H214N2O25P2. The molecule has 2 fully saturated rings. The summed E-state index contributed by atoms with van der Waals surface area (Å²) < 4.78 is 88.4. The van der Waals surface area contributed by atoms with Crippen LogP contribution in [0.1, 0.15) is 575 Å². The first-order valence-corrected chi connectivity index (χ1v) is 61.9. The molecule has 9 N–H and O–H groups in total. The molecule has 142 heavy (non-hydrogen) atoms. The van der Waals surface area contributed by atoms with Gasteiger partial charge in [0.25, 0.3) is 0 Å². The van der Waals surface area contributed by atoms with Crippen molar-refractivity contribution in [1.29, 1.82) is 0 Å². The fourth-order valence-electron chi connectivity index (χ4n) is 19.7. The van der Waals surface area contributed by atoms with Crippen molar-refractivity contribution in [3.8, 4) is 0 Å². The van der Waals surface area contributed by atoms with Crippen LogP contribution < -0.4 is 10.6 Å². The van der Waals surface area contributed by atoms with Gasteiger partial charge in [0, 0.05) is 19.3 Å². The van der Waals surface area contributed by atoms with Crippen LogP contribution in [0.5, 0.6) is 0 Å². The number of amides is 2. The molecule has 27 nitrogen and oxygen atoms in total. The van der Waals surface area contributed by atoms with Gasteiger partial charge in [-0.15, -0.1) is 0 Å². The number of hydrogen-bond donors (Lipinski definition) is 9. The number of nitrogens with one attached hydrogen (secondary N) is 2. The van der Waals surface area contributed by atoms with E-state index in [2.05, 4.69) is 65.7 Å². The molecule has 10 unspecified atom stereocenters. The minimum absolute atomic E-state index is 0.0803. The molecule has 0 bridgehead atoms. The van der Waals surface area contributed by atoms with Crippen molar-refractivity contribution in [2.24, 2.45) is 0 Å². The van der Waals surface area contributed by atoms with Crippen LogP contribution in [-0.4, -0.2) is 170 Å². The van der Waals surface area contributed by atoms with E-state index >= 15 is 14.4 Å². The van der Waals surface area contributed by atoms with E-state index in [1.165, 1.54) is 141 Å². The number of aliphatic hydroxyl groups is 3. The van der Waals surface area contributed by atoms with Crippen molar-refractivity contribution in [2.45, 2.75) is 661 Å². The Morgan fingerprint density at radius 3 is 0.901 bits per heavy atom. The van der Waals surface area contributed by atoms with Gasteiger partial charge in [-0.05, 0) is 64.2 Å². The van der Waals surface area contributed by atoms with Gasteiger partial charge in [-0.25, -0.2) is 9.13 Å². The monoisotopic (exact) mass is 2060 g/mol. The number of hydrogen-bond acceptors (Lipinski definition) is 21. The molecule has 0 spiro atoms. The molecule has 2 rings (SSSR count). The lowest BCUT2D eigenvalue weighted by molar-refractivity contribution is -0.297. The highest BCUT2D eigenvalue weighted by Crippen LogP contribution is 2.45. The smallest absolute Gasteiger partial charge is 0.472 e. The van der Waals surface area contributed by atoms with Crippen molar-refractivity contribution in [3.05, 3.63) is 12.3 Å². The lowest BCUT2D eigenvalue weighted by atomic mass is 9.95. The Morgan fingerprint density at radius 1 is 0.310 bits per heavy atom. The number of unbranched alkanes of at least 4 members (excludes halogenated alkanes) is 64. The molecular weight excluding hydrogens is 1850 g/mol. The van der Waals surface area contributed by atoms with Gasteiger partial charge < -0.3 is 83.4 Å². The molecule has 2 amide bonds. The van der Waals surface area contributed by atoms with Crippen LogP contribution in [-0.2, 0) is 84.8 Å². The summed E-state index contributed by atoms with van der Waals surface area (Å²) in [7, 11) is -11.4. The summed E-state index contributed by atoms with van der Waals surface area (Å²) in [6.07, 6.45) is 53.8. The van der Waals surface area contributed by atoms with Crippen LogP contribution in [0.25, 0.3) is 0 Å². The summed E-state index contributed by atoms with van der Waals surface area (Å²) >= 11 is 0. The van der Waals surface area contributed by atoms with Crippen LogP contribution in [0.15, 0.2) is 12.3 Å². The second-order valence-corrected chi connectivity index (χ2v) is 44.2. The normalized spacial score (nSPS) is 19.2. The Bertz CT molecular complexity index is 3130. The van der Waals surface area contributed by atoms with Gasteiger partial charge in [0.2, 0.25) is 11.8 Å². The predicted octanol–water partition coefficient (Wildman–Crippen LogP) is 28.4. The second-order valence-electron chi connectivity index (χ2n) is 41.8. The summed E-state index contributed by atoms with van der Waals surface area (Å²) in [6.45, 7) is 17.5. The number of carbonyl (C=O) groups excluding carboxylic acids is 6. The predicted molar refractivity (Wildman–Crippen MR) is 568 cm³/mol. The SMILES string of the molecule is C=C(CCCCCCCCCCCCCCC)O[C@@H](CCCCCCCCCCC)CC(=O)NC1C(OP(=O)(O)O)OC(COC2OC(CO)C(OP(=O)(O)O)C(OC(=O)C[C@H](CCCCCCCCCCC)OC(=O)CCCCCCCCCCCCC)C2NC(=O)C[C@H](CCCCCCCCCCC)OC(=O)CCCCCCCCCCCCC)C(O)C1OC(=O)C[C@@H](O)CCCCCCCCCCC. The third kappa shape index (κ3) is 75.1. The first-order chi connectivity index (χ1) is 68.7. The number of rotatable bonds is 102. The van der Waals surface area contributed by atoms with E-state index < -0.39 is 170 Å². The summed E-state index contributed by atoms with van der Waals surface area (Å²) in [4.78, 5) is 131. The highest BCUT2D eigenvalue weighted by Gasteiger charge is 2.55. The zero-order valence-electron chi connectivity index (χ0n) is 91.1. The van der Waals surface area contributed by atoms with E-state index in [-0.39, 0.29) is 38.5 Å². The van der Waals surface area contributed by atoms with Crippen molar-refractivity contribution >= 4 is 51.3 Å². The minimum atomic E-state index is -5.72. The molecule has 2 aliphatic heterocycles. The molecule has 14 atom stereocenters. The first kappa shape index (κ1) is 134. The third-order valence-electron chi connectivity index (χ3n) is 28.2. The molecule has 2 aliphatic rings. The quantitative estimate of drug-likeness (QED) is 0.00898. The number of esters is 4. The molecule has 0 aliphatic carbocycles. The zero-order chi connectivity index (χ0) is 104. The molecule has 0 aromatic rings. The number of allylic oxidation sites excluding steroid dienone is 1. The van der Waals surface area contributed by atoms with E-state index in [4.69, 9.17) is 46.9 Å². The minimum Gasteiger partial charge on any atom is -0.495 e. The van der Waals surface area contributed by atoms with Gasteiger partial charge in [-0.3, -0.25) is 37.8 Å². The third-order valence-corrected chi connectivity index (χ3v) is 29.2. The molecule has 0 aromatic heterocycles. The van der Waals surface area contributed by atoms with Crippen molar-refractivity contribution in [1.82, 2.24) is 10.6 Å². The average molecular weight is 2060 g/mol. The largest absolute Gasteiger partial charge is 0.495 e. The van der Waals surface area contributed by atoms with E-state index in [1.54, 1.807) is 0 Å². The van der Waals surface area contributed by atoms with E-state index in [1.807, 2.05) is 0 Å². The Labute approximate surface area is 863 Å². The lowest BCUT2D eigenvalue weighted by Crippen LogP contribution is -2.68. The fraction of sp³-hybridized carbons (Fsp3) is 0.929. The number of carbonyl (C=O) groups is 6. The molecule has 0 radical (unpaired) electrons. The molecule has 2 saturated heterocycles. The topological polar surface area (TPSA) is 395 Å². The van der Waals surface area contributed by atoms with Gasteiger partial charge >= 0.3 is 39.5 Å². The molecule has 0 saturated carbocycles. The van der Waals surface area contributed by atoms with Gasteiger partial charge in [0.1, 0.15) is 54.8 Å². The average Bonchev–Trinajstić information content (AvgIpc) is 0.775. The molecule has 29 heteroatoms. The van der Waals surface area contributed by atoms with E-state index in [0.29, 0.717) is 57.1 Å². The number of ether oxygens (including phenoxy) is 8. The van der Waals surface area contributed by atoms with Crippen LogP contribution >= 0.6 is 15.6 Å². The zero-order valence-corrected chi connectivity index (χ0v) is 92.8. The summed E-state index contributed by atoms with van der Waals surface area (Å²) in [6, 6.07) is -3.84. The van der Waals surface area contributed by atoms with Crippen molar-refractivity contribution in [2.75, 3.05) is 13.2 Å². The summed E-state index contributed by atoms with van der Waals surface area (Å²) in [5.74, 6) is -4.34. The van der Waals surface area contributed by atoms with Crippen LogP contribution in [0.3, 0.4) is 0 Å². The Hall–Kier alpha value is -3.66. The van der Waals surface area contributed by atoms with Gasteiger partial charge in [0.15, 0.2) is 24.8 Å². The van der Waals surface area contributed by atoms with Crippen LogP contribution in [0, 0.1) is 0 Å². The highest BCUT2D eigenvalue weighted by molar-refractivity contribution is 7.46. The maximum Gasteiger partial charge on any atom is 0.472 e. The van der Waals surface area contributed by atoms with Gasteiger partial charge in [-0.2, -0.15) is 0 Å². The van der Waals surface area contributed by atoms with Crippen molar-refractivity contribution in [3.63, 3.8) is 0 Å². The van der Waals surface area contributed by atoms with Gasteiger partial charge in [-0.1, -0.05) is 472 Å². The number of aliphatic hydroxyl groups excluding tert-OH is 3. The van der Waals surface area contributed by atoms with Crippen LogP contribution in [0.4, 0.5) is 0 Å². The molecule has 2 heterocycles.